The van der Waals surface area contributed by atoms with Gasteiger partial charge in [0.1, 0.15) is 24.7 Å². The SMILES string of the molecule is [N-]=[N+]=NCc1cc2cc(c1)OCCOCCOCCOCCO2. The second kappa shape index (κ2) is 10.7. The molecule has 0 aliphatic carbocycles. The molecule has 2 rings (SSSR count). The standard InChI is InChI=1S/C15H21N3O5/c16-18-17-12-13-9-14-11-15(10-13)23-8-6-21-4-2-19-1-3-20-5-7-22-14/h9-11H,1-8,12H2. The van der Waals surface area contributed by atoms with Crippen molar-refractivity contribution in [2.45, 2.75) is 6.54 Å². The molecule has 0 amide bonds. The van der Waals surface area contributed by atoms with Crippen LogP contribution in [0.5, 0.6) is 11.5 Å². The van der Waals surface area contributed by atoms with Crippen molar-refractivity contribution in [2.24, 2.45) is 5.11 Å². The largest absolute Gasteiger partial charge is 0.491 e. The maximum absolute atomic E-state index is 8.45. The van der Waals surface area contributed by atoms with E-state index < -0.39 is 0 Å². The molecule has 1 aromatic rings. The summed E-state index contributed by atoms with van der Waals surface area (Å²) in [7, 11) is 0. The number of azide groups is 1. The summed E-state index contributed by atoms with van der Waals surface area (Å²) in [5.74, 6) is 1.30. The second-order valence-corrected chi connectivity index (χ2v) is 4.74. The molecule has 0 fully saturated rings. The molecule has 8 nitrogen and oxygen atoms in total. The van der Waals surface area contributed by atoms with Gasteiger partial charge in [-0.05, 0) is 23.2 Å². The highest BCUT2D eigenvalue weighted by Gasteiger charge is 2.04. The highest BCUT2D eigenvalue weighted by atomic mass is 16.6. The Morgan fingerprint density at radius 2 is 1.26 bits per heavy atom. The quantitative estimate of drug-likeness (QED) is 0.473. The zero-order valence-corrected chi connectivity index (χ0v) is 13.0. The molecule has 0 unspecified atom stereocenters. The third-order valence-corrected chi connectivity index (χ3v) is 2.99. The van der Waals surface area contributed by atoms with E-state index in [-0.39, 0.29) is 6.54 Å². The van der Waals surface area contributed by atoms with Crippen LogP contribution in [0.2, 0.25) is 0 Å². The van der Waals surface area contributed by atoms with Gasteiger partial charge in [-0.1, -0.05) is 5.11 Å². The zero-order valence-electron chi connectivity index (χ0n) is 13.0. The van der Waals surface area contributed by atoms with Gasteiger partial charge in [0.15, 0.2) is 0 Å². The van der Waals surface area contributed by atoms with Crippen molar-refractivity contribution in [1.82, 2.24) is 0 Å². The molecule has 2 bridgehead atoms. The van der Waals surface area contributed by atoms with E-state index in [0.29, 0.717) is 64.4 Å². The van der Waals surface area contributed by atoms with Crippen LogP contribution in [0, 0.1) is 0 Å². The number of hydrogen-bond donors (Lipinski definition) is 0. The number of fused-ring (bicyclic) bond motifs is 2. The minimum absolute atomic E-state index is 0.244. The van der Waals surface area contributed by atoms with Crippen molar-refractivity contribution in [3.8, 4) is 11.5 Å². The van der Waals surface area contributed by atoms with Gasteiger partial charge in [-0.2, -0.15) is 0 Å². The molecule has 0 saturated carbocycles. The van der Waals surface area contributed by atoms with Gasteiger partial charge in [0, 0.05) is 11.0 Å². The molecular formula is C15H21N3O5. The molecule has 0 saturated heterocycles. The van der Waals surface area contributed by atoms with E-state index in [0.717, 1.165) is 5.56 Å². The van der Waals surface area contributed by atoms with Crippen molar-refractivity contribution >= 4 is 0 Å². The highest BCUT2D eigenvalue weighted by molar-refractivity contribution is 5.38. The summed E-state index contributed by atoms with van der Waals surface area (Å²) < 4.78 is 27.5. The fourth-order valence-electron chi connectivity index (χ4n) is 1.98. The first kappa shape index (κ1) is 17.4. The maximum Gasteiger partial charge on any atom is 0.123 e. The maximum atomic E-state index is 8.45. The van der Waals surface area contributed by atoms with Crippen LogP contribution < -0.4 is 9.47 Å². The molecule has 0 atom stereocenters. The lowest BCUT2D eigenvalue weighted by Gasteiger charge is -2.13. The summed E-state index contributed by atoms with van der Waals surface area (Å²) in [6, 6.07) is 5.45. The number of hydrogen-bond acceptors (Lipinski definition) is 6. The van der Waals surface area contributed by atoms with E-state index in [1.807, 2.05) is 12.1 Å². The number of rotatable bonds is 2. The molecule has 1 aliphatic rings. The third kappa shape index (κ3) is 7.21. The van der Waals surface area contributed by atoms with Crippen LogP contribution >= 0.6 is 0 Å². The normalized spacial score (nSPS) is 17.4. The summed E-state index contributed by atoms with van der Waals surface area (Å²) in [6.45, 7) is 4.14. The molecule has 1 aromatic carbocycles. The van der Waals surface area contributed by atoms with Gasteiger partial charge in [-0.15, -0.1) is 0 Å². The van der Waals surface area contributed by atoms with Crippen LogP contribution in [-0.2, 0) is 20.8 Å². The number of ether oxygens (including phenoxy) is 5. The van der Waals surface area contributed by atoms with Crippen molar-refractivity contribution in [3.05, 3.63) is 34.2 Å². The molecule has 0 N–H and O–H groups in total. The van der Waals surface area contributed by atoms with Crippen molar-refractivity contribution in [3.63, 3.8) is 0 Å². The summed E-state index contributed by atoms with van der Waals surface area (Å²) in [6.07, 6.45) is 0. The molecule has 23 heavy (non-hydrogen) atoms. The molecule has 126 valence electrons. The number of nitrogens with zero attached hydrogens (tertiary/aromatic N) is 3. The Morgan fingerprint density at radius 3 is 1.74 bits per heavy atom. The minimum Gasteiger partial charge on any atom is -0.491 e. The Hall–Kier alpha value is -1.99. The molecule has 0 spiro atoms. The fourth-order valence-corrected chi connectivity index (χ4v) is 1.98. The van der Waals surface area contributed by atoms with Crippen LogP contribution in [-0.4, -0.2) is 52.9 Å². The van der Waals surface area contributed by atoms with Gasteiger partial charge in [0.05, 0.1) is 46.2 Å². The van der Waals surface area contributed by atoms with Gasteiger partial charge in [-0.3, -0.25) is 0 Å². The Kier molecular flexibility index (Phi) is 8.07. The Morgan fingerprint density at radius 1 is 0.783 bits per heavy atom. The first-order valence-corrected chi connectivity index (χ1v) is 7.52. The number of benzene rings is 1. The highest BCUT2D eigenvalue weighted by Crippen LogP contribution is 2.23. The summed E-state index contributed by atoms with van der Waals surface area (Å²) in [5.41, 5.74) is 9.27. The van der Waals surface area contributed by atoms with Crippen molar-refractivity contribution in [2.75, 3.05) is 52.9 Å². The second-order valence-electron chi connectivity index (χ2n) is 4.74. The molecule has 0 aromatic heterocycles. The molecule has 0 radical (unpaired) electrons. The summed E-state index contributed by atoms with van der Waals surface area (Å²) in [5, 5.41) is 3.57. The predicted octanol–water partition coefficient (Wildman–Crippen LogP) is 2.32. The Labute approximate surface area is 134 Å². The van der Waals surface area contributed by atoms with E-state index in [1.54, 1.807) is 6.07 Å². The zero-order chi connectivity index (χ0) is 16.2. The van der Waals surface area contributed by atoms with Crippen LogP contribution in [0.1, 0.15) is 5.56 Å². The van der Waals surface area contributed by atoms with Crippen LogP contribution in [0.4, 0.5) is 0 Å². The van der Waals surface area contributed by atoms with Crippen LogP contribution in [0.15, 0.2) is 23.3 Å². The lowest BCUT2D eigenvalue weighted by molar-refractivity contribution is 0.00433. The minimum atomic E-state index is 0.244. The monoisotopic (exact) mass is 323 g/mol. The fraction of sp³-hybridized carbons (Fsp3) is 0.600. The summed E-state index contributed by atoms with van der Waals surface area (Å²) in [4.78, 5) is 2.77. The molecule has 8 heteroatoms. The van der Waals surface area contributed by atoms with E-state index >= 15 is 0 Å². The Bertz CT molecular complexity index is 488. The van der Waals surface area contributed by atoms with Gasteiger partial charge >= 0.3 is 0 Å². The summed E-state index contributed by atoms with van der Waals surface area (Å²) >= 11 is 0. The lowest BCUT2D eigenvalue weighted by Crippen LogP contribution is -2.15. The first-order chi connectivity index (χ1) is 11.4. The average molecular weight is 323 g/mol. The third-order valence-electron chi connectivity index (χ3n) is 2.99. The van der Waals surface area contributed by atoms with E-state index in [1.165, 1.54) is 0 Å². The van der Waals surface area contributed by atoms with Gasteiger partial charge < -0.3 is 23.7 Å². The van der Waals surface area contributed by atoms with Crippen LogP contribution in [0.25, 0.3) is 10.4 Å². The smallest absolute Gasteiger partial charge is 0.123 e. The van der Waals surface area contributed by atoms with E-state index in [4.69, 9.17) is 29.2 Å². The van der Waals surface area contributed by atoms with E-state index in [2.05, 4.69) is 10.0 Å². The van der Waals surface area contributed by atoms with Gasteiger partial charge in [0.25, 0.3) is 0 Å². The Balaban J connectivity index is 2.01. The van der Waals surface area contributed by atoms with Crippen molar-refractivity contribution < 1.29 is 23.7 Å². The molecule has 1 aliphatic heterocycles. The average Bonchev–Trinajstić information content (AvgIpc) is 2.56. The first-order valence-electron chi connectivity index (χ1n) is 7.52. The predicted molar refractivity (Wildman–Crippen MR) is 82.7 cm³/mol. The van der Waals surface area contributed by atoms with Gasteiger partial charge in [-0.25, -0.2) is 0 Å². The van der Waals surface area contributed by atoms with Crippen molar-refractivity contribution in [1.29, 1.82) is 0 Å². The van der Waals surface area contributed by atoms with Gasteiger partial charge in [0.2, 0.25) is 0 Å². The lowest BCUT2D eigenvalue weighted by atomic mass is 10.2. The molecular weight excluding hydrogens is 302 g/mol. The molecule has 1 heterocycles. The van der Waals surface area contributed by atoms with Crippen LogP contribution in [0.3, 0.4) is 0 Å². The van der Waals surface area contributed by atoms with E-state index in [9.17, 15) is 0 Å². The topological polar surface area (TPSA) is 94.9 Å².